The van der Waals surface area contributed by atoms with Gasteiger partial charge >= 0.3 is 25.4 Å². The Morgan fingerprint density at radius 1 is 1.12 bits per heavy atom. The second kappa shape index (κ2) is 10.3. The fraction of sp³-hybridized carbons (Fsp3) is 0.400. The number of fused-ring (bicyclic) bond motifs is 1. The Kier molecular flexibility index (Phi) is 8.13. The lowest BCUT2D eigenvalue weighted by Crippen LogP contribution is -2.33. The van der Waals surface area contributed by atoms with Gasteiger partial charge in [-0.3, -0.25) is 9.13 Å². The van der Waals surface area contributed by atoms with E-state index in [9.17, 15) is 43.7 Å². The molecule has 3 aromatic rings. The van der Waals surface area contributed by atoms with Crippen molar-refractivity contribution in [2.24, 2.45) is 0 Å². The molecule has 6 N–H and O–H groups in total. The van der Waals surface area contributed by atoms with Crippen molar-refractivity contribution in [3.8, 4) is 0 Å². The van der Waals surface area contributed by atoms with Gasteiger partial charge in [0.25, 0.3) is 0 Å². The third-order valence-electron chi connectivity index (χ3n) is 6.11. The summed E-state index contributed by atoms with van der Waals surface area (Å²) < 4.78 is 99.5. The molecule has 6 atom stereocenters. The van der Waals surface area contributed by atoms with Gasteiger partial charge in [-0.15, -0.1) is 0 Å². The maximum absolute atomic E-state index is 13.1. The lowest BCUT2D eigenvalue weighted by molar-refractivity contribution is -0.0541. The van der Waals surface area contributed by atoms with Crippen LogP contribution in [0.2, 0.25) is 5.15 Å². The summed E-state index contributed by atoms with van der Waals surface area (Å²) in [6, 6.07) is 2.98. The second-order valence-electron chi connectivity index (χ2n) is 9.51. The van der Waals surface area contributed by atoms with Gasteiger partial charge in [0.2, 0.25) is 0 Å². The maximum atomic E-state index is 13.1. The Morgan fingerprint density at radius 2 is 1.74 bits per heavy atom. The Morgan fingerprint density at radius 3 is 2.31 bits per heavy atom. The highest BCUT2D eigenvalue weighted by Gasteiger charge is 2.65. The molecule has 22 heteroatoms. The number of nitrogens with zero attached hydrogens (tertiary/aromatic N) is 3. The van der Waals surface area contributed by atoms with Crippen molar-refractivity contribution in [3.63, 3.8) is 0 Å². The van der Waals surface area contributed by atoms with E-state index in [-0.39, 0.29) is 39.6 Å². The number of aliphatic hydroxyl groups excluding tert-OH is 2. The molecule has 1 aliphatic rings. The van der Waals surface area contributed by atoms with Crippen LogP contribution in [0.15, 0.2) is 41.4 Å². The van der Waals surface area contributed by atoms with Crippen LogP contribution in [-0.2, 0) is 18.4 Å². The zero-order valence-electron chi connectivity index (χ0n) is 21.0. The number of hydrogen-bond donors (Lipinski definition) is 6. The number of pyridine rings is 1. The number of rotatable bonds is 10. The van der Waals surface area contributed by atoms with Gasteiger partial charge in [-0.05, 0) is 30.7 Å². The van der Waals surface area contributed by atoms with Gasteiger partial charge in [-0.2, -0.15) is 5.10 Å². The monoisotopic (exact) mass is 688 g/mol. The molecule has 0 amide bonds. The van der Waals surface area contributed by atoms with E-state index in [0.717, 1.165) is 16.8 Å². The van der Waals surface area contributed by atoms with Crippen molar-refractivity contribution in [3.05, 3.63) is 47.2 Å². The summed E-state index contributed by atoms with van der Waals surface area (Å²) in [4.78, 5) is 29.6. The maximum Gasteiger partial charge on any atom is 0.340 e. The molecule has 0 radical (unpaired) electrons. The molecule has 236 valence electrons. The number of hydrogen-bond acceptors (Lipinski definition) is 9. The smallest absolute Gasteiger partial charge is 0.340 e. The van der Waals surface area contributed by atoms with E-state index in [0.29, 0.717) is 0 Å². The third-order valence-corrected chi connectivity index (χ3v) is 10.9. The van der Waals surface area contributed by atoms with Crippen LogP contribution < -0.4 is 5.32 Å². The molecule has 42 heavy (non-hydrogen) atoms. The first kappa shape index (κ1) is 33.0. The highest BCUT2D eigenvalue weighted by atomic mass is 35.5. The van der Waals surface area contributed by atoms with Gasteiger partial charge in [-0.25, -0.2) is 9.67 Å². The molecule has 5 unspecified atom stereocenters. The Bertz CT molecular complexity index is 1600. The fourth-order valence-corrected chi connectivity index (χ4v) is 7.56. The van der Waals surface area contributed by atoms with Gasteiger partial charge in [-0.1, -0.05) is 43.2 Å². The van der Waals surface area contributed by atoms with Crippen LogP contribution in [0.25, 0.3) is 11.0 Å². The Hall–Kier alpha value is -1.89. The fourth-order valence-electron chi connectivity index (χ4n) is 4.16. The van der Waals surface area contributed by atoms with Gasteiger partial charge in [0.05, 0.1) is 23.9 Å². The van der Waals surface area contributed by atoms with Crippen LogP contribution in [0.5, 0.6) is 0 Å². The normalized spacial score (nSPS) is 25.5. The van der Waals surface area contributed by atoms with Gasteiger partial charge in [0.1, 0.15) is 28.4 Å². The van der Waals surface area contributed by atoms with E-state index in [1.807, 2.05) is 0 Å². The molecule has 2 aromatic heterocycles. The average molecular weight is 689 g/mol. The molecular formula is C20H24ClF5N4O9P2S. The lowest BCUT2D eigenvalue weighted by atomic mass is 10.1. The van der Waals surface area contributed by atoms with Gasteiger partial charge in [0, 0.05) is 6.04 Å². The van der Waals surface area contributed by atoms with Crippen molar-refractivity contribution in [2.45, 2.75) is 42.4 Å². The first-order chi connectivity index (χ1) is 18.9. The van der Waals surface area contributed by atoms with Gasteiger partial charge < -0.3 is 39.5 Å². The molecule has 1 fully saturated rings. The molecule has 1 saturated heterocycles. The van der Waals surface area contributed by atoms with Crippen LogP contribution in [0.4, 0.5) is 25.1 Å². The summed E-state index contributed by atoms with van der Waals surface area (Å²) in [5.41, 5.74) is 0.474. The number of ether oxygens (including phenoxy) is 1. The van der Waals surface area contributed by atoms with Crippen molar-refractivity contribution in [1.29, 1.82) is 0 Å². The summed E-state index contributed by atoms with van der Waals surface area (Å²) in [7, 11) is -19.5. The molecule has 4 rings (SSSR count). The van der Waals surface area contributed by atoms with Crippen LogP contribution >= 0.6 is 37.0 Å². The summed E-state index contributed by atoms with van der Waals surface area (Å²) in [6.45, 7) is 0.706. The summed E-state index contributed by atoms with van der Waals surface area (Å²) in [6.07, 6.45) is -5.01. The molecule has 0 bridgehead atoms. The zero-order valence-corrected chi connectivity index (χ0v) is 24.4. The molecule has 0 spiro atoms. The summed E-state index contributed by atoms with van der Waals surface area (Å²) in [5.74, 6) is -1.48. The van der Waals surface area contributed by atoms with Crippen molar-refractivity contribution in [2.75, 3.05) is 17.8 Å². The average Bonchev–Trinajstić information content (AvgIpc) is 3.35. The molecule has 13 nitrogen and oxygen atoms in total. The summed E-state index contributed by atoms with van der Waals surface area (Å²) in [5, 5.41) is 28.2. The number of halogens is 6. The predicted octanol–water partition coefficient (Wildman–Crippen LogP) is 4.87. The number of anilines is 1. The van der Waals surface area contributed by atoms with E-state index in [4.69, 9.17) is 26.1 Å². The van der Waals surface area contributed by atoms with E-state index < -0.39 is 73.4 Å². The molecule has 3 heterocycles. The third kappa shape index (κ3) is 7.60. The predicted molar refractivity (Wildman–Crippen MR) is 141 cm³/mol. The van der Waals surface area contributed by atoms with E-state index in [1.165, 1.54) is 19.2 Å². The zero-order chi connectivity index (χ0) is 31.5. The number of nitrogens with one attached hydrogen (secondary N) is 1. The minimum atomic E-state index is -9.85. The highest BCUT2D eigenvalue weighted by Crippen LogP contribution is 3.02. The highest BCUT2D eigenvalue weighted by molar-refractivity contribution is 8.45. The van der Waals surface area contributed by atoms with Crippen molar-refractivity contribution < 1.29 is 62.7 Å². The molecule has 0 saturated carbocycles. The minimum absolute atomic E-state index is 0.000564. The van der Waals surface area contributed by atoms with Crippen molar-refractivity contribution in [1.82, 2.24) is 14.8 Å². The van der Waals surface area contributed by atoms with Crippen LogP contribution in [0, 0.1) is 0 Å². The second-order valence-corrected chi connectivity index (χ2v) is 16.3. The van der Waals surface area contributed by atoms with Crippen LogP contribution in [0.1, 0.15) is 24.8 Å². The number of benzene rings is 1. The van der Waals surface area contributed by atoms with E-state index in [2.05, 4.69) is 19.9 Å². The molecule has 1 aromatic carbocycles. The van der Waals surface area contributed by atoms with Gasteiger partial charge in [0.15, 0.2) is 17.8 Å². The first-order valence-corrected chi connectivity index (χ1v) is 17.5. The van der Waals surface area contributed by atoms with Crippen LogP contribution in [-0.4, -0.2) is 70.5 Å². The van der Waals surface area contributed by atoms with E-state index in [1.54, 1.807) is 0 Å². The molecule has 1 aliphatic heterocycles. The van der Waals surface area contributed by atoms with E-state index >= 15 is 0 Å². The van der Waals surface area contributed by atoms with Crippen LogP contribution in [0.3, 0.4) is 0 Å². The standard InChI is InChI=1S/C20H24ClF5N4O9P2S/c1-10(11-2-4-12(5-3-11)42(22,23,24,25)26)28-14-6-16(21)29-19-13(14)7-27-30(19)20-18(32)17(31)15(39-20)8-38-41(36,37)9-40(33,34)35/h2-7,10,15,17-18,20,31-32H,8-9H2,1H3,(H,28,29)(H,36,37)(H2,33,34,35)/t10-,15?,17?,18?,20?/m0/s1. The Balaban J connectivity index is 1.55. The SMILES string of the molecule is C[C@H](Nc1cc(Cl)nc2c1cnn2C1OC(COP(=O)(O)CP(=O)(O)O)C(O)C1O)c1ccc(S(F)(F)(F)(F)F)cc1. The molecular weight excluding hydrogens is 665 g/mol. The minimum Gasteiger partial charge on any atom is -0.387 e. The topological polar surface area (TPSA) is 196 Å². The number of aromatic nitrogens is 3. The number of aliphatic hydroxyl groups is 2. The molecule has 0 aliphatic carbocycles. The Labute approximate surface area is 238 Å². The quantitative estimate of drug-likeness (QED) is 0.0962. The lowest BCUT2D eigenvalue weighted by Gasteiger charge is -2.40. The largest absolute Gasteiger partial charge is 0.387 e. The first-order valence-electron chi connectivity index (χ1n) is 11.6. The van der Waals surface area contributed by atoms with Crippen molar-refractivity contribution >= 4 is 53.7 Å². The summed E-state index contributed by atoms with van der Waals surface area (Å²) >= 11 is 6.15.